The van der Waals surface area contributed by atoms with Crippen LogP contribution in [-0.2, 0) is 6.61 Å². The first kappa shape index (κ1) is 12.9. The molecule has 2 rings (SSSR count). The molecule has 0 bridgehead atoms. The standard InChI is InChI=1S/C15H17BO2/c1-11-3-6-15(9-12(11)2)16(18)14-7-4-13(10-17)5-8-14/h3-9,17-18H,10H2,1-2H3. The van der Waals surface area contributed by atoms with Crippen LogP contribution in [0, 0.1) is 13.8 Å². The fourth-order valence-electron chi connectivity index (χ4n) is 1.93. The molecule has 2 N–H and O–H groups in total. The van der Waals surface area contributed by atoms with Crippen LogP contribution in [0.5, 0.6) is 0 Å². The lowest BCUT2D eigenvalue weighted by Crippen LogP contribution is -2.42. The van der Waals surface area contributed by atoms with Gasteiger partial charge in [-0.05, 0) is 41.5 Å². The van der Waals surface area contributed by atoms with E-state index in [1.807, 2.05) is 49.4 Å². The van der Waals surface area contributed by atoms with Crippen molar-refractivity contribution < 1.29 is 10.1 Å². The van der Waals surface area contributed by atoms with Crippen molar-refractivity contribution in [2.24, 2.45) is 0 Å². The summed E-state index contributed by atoms with van der Waals surface area (Å²) >= 11 is 0. The zero-order chi connectivity index (χ0) is 13.1. The van der Waals surface area contributed by atoms with Crippen LogP contribution in [-0.4, -0.2) is 17.0 Å². The van der Waals surface area contributed by atoms with Crippen molar-refractivity contribution in [3.8, 4) is 0 Å². The highest BCUT2D eigenvalue weighted by molar-refractivity contribution is 6.78. The maximum atomic E-state index is 10.3. The average molecular weight is 240 g/mol. The third-order valence-electron chi connectivity index (χ3n) is 3.32. The minimum absolute atomic E-state index is 0.0278. The minimum atomic E-state index is -0.614. The van der Waals surface area contributed by atoms with Gasteiger partial charge in [0.25, 0.3) is 0 Å². The Hall–Kier alpha value is -1.58. The Morgan fingerprint density at radius 1 is 0.889 bits per heavy atom. The van der Waals surface area contributed by atoms with E-state index in [1.54, 1.807) is 0 Å². The van der Waals surface area contributed by atoms with Crippen molar-refractivity contribution in [2.75, 3.05) is 0 Å². The van der Waals surface area contributed by atoms with Crippen LogP contribution in [0.3, 0.4) is 0 Å². The van der Waals surface area contributed by atoms with Crippen LogP contribution in [0.2, 0.25) is 0 Å². The monoisotopic (exact) mass is 240 g/mol. The van der Waals surface area contributed by atoms with Crippen molar-refractivity contribution in [1.82, 2.24) is 0 Å². The van der Waals surface area contributed by atoms with E-state index in [-0.39, 0.29) is 6.61 Å². The topological polar surface area (TPSA) is 40.5 Å². The molecule has 2 aromatic rings. The van der Waals surface area contributed by atoms with E-state index >= 15 is 0 Å². The second-order valence-electron chi connectivity index (χ2n) is 4.65. The number of hydrogen-bond acceptors (Lipinski definition) is 2. The lowest BCUT2D eigenvalue weighted by atomic mass is 9.55. The minimum Gasteiger partial charge on any atom is -0.443 e. The summed E-state index contributed by atoms with van der Waals surface area (Å²) in [6.45, 7) is 3.51. The van der Waals surface area contributed by atoms with Gasteiger partial charge in [-0.3, -0.25) is 0 Å². The molecule has 0 fully saturated rings. The summed E-state index contributed by atoms with van der Waals surface area (Å²) in [6.07, 6.45) is 0. The quantitative estimate of drug-likeness (QED) is 0.782. The maximum Gasteiger partial charge on any atom is 0.358 e. The first-order chi connectivity index (χ1) is 8.61. The summed E-state index contributed by atoms with van der Waals surface area (Å²) < 4.78 is 0. The van der Waals surface area contributed by atoms with Crippen LogP contribution >= 0.6 is 0 Å². The van der Waals surface area contributed by atoms with E-state index in [4.69, 9.17) is 5.11 Å². The summed E-state index contributed by atoms with van der Waals surface area (Å²) in [6, 6.07) is 13.4. The molecule has 3 heteroatoms. The van der Waals surface area contributed by atoms with Crippen LogP contribution in [0.1, 0.15) is 16.7 Å². The molecular formula is C15H17BO2. The molecule has 0 saturated heterocycles. The molecule has 0 heterocycles. The molecule has 0 radical (unpaired) electrons. The summed E-state index contributed by atoms with van der Waals surface area (Å²) in [5.74, 6) is 0. The van der Waals surface area contributed by atoms with Gasteiger partial charge in [0.2, 0.25) is 0 Å². The van der Waals surface area contributed by atoms with Crippen molar-refractivity contribution in [2.45, 2.75) is 20.5 Å². The van der Waals surface area contributed by atoms with Crippen molar-refractivity contribution in [1.29, 1.82) is 0 Å². The Morgan fingerprint density at radius 3 is 2.06 bits per heavy atom. The van der Waals surface area contributed by atoms with Gasteiger partial charge >= 0.3 is 6.92 Å². The molecule has 92 valence electrons. The van der Waals surface area contributed by atoms with Crippen molar-refractivity contribution >= 4 is 17.8 Å². The highest BCUT2D eigenvalue weighted by Gasteiger charge is 2.17. The molecule has 0 aliphatic rings. The highest BCUT2D eigenvalue weighted by atomic mass is 16.3. The van der Waals surface area contributed by atoms with Gasteiger partial charge in [0.1, 0.15) is 0 Å². The Balaban J connectivity index is 2.28. The number of hydrogen-bond donors (Lipinski definition) is 2. The number of aliphatic hydroxyl groups excluding tert-OH is 1. The number of benzene rings is 2. The van der Waals surface area contributed by atoms with Crippen LogP contribution < -0.4 is 10.9 Å². The van der Waals surface area contributed by atoms with Gasteiger partial charge in [0, 0.05) is 0 Å². The predicted octanol–water partition coefficient (Wildman–Crippen LogP) is 0.894. The van der Waals surface area contributed by atoms with Crippen LogP contribution in [0.15, 0.2) is 42.5 Å². The maximum absolute atomic E-state index is 10.3. The zero-order valence-corrected chi connectivity index (χ0v) is 10.7. The number of aryl methyl sites for hydroxylation is 2. The highest BCUT2D eigenvalue weighted by Crippen LogP contribution is 2.04. The summed E-state index contributed by atoms with van der Waals surface area (Å²) in [4.78, 5) is 0. The van der Waals surface area contributed by atoms with Crippen LogP contribution in [0.25, 0.3) is 0 Å². The second kappa shape index (κ2) is 5.38. The molecule has 0 amide bonds. The summed E-state index contributed by atoms with van der Waals surface area (Å²) in [5, 5.41) is 19.3. The van der Waals surface area contributed by atoms with Gasteiger partial charge < -0.3 is 10.1 Å². The van der Waals surface area contributed by atoms with E-state index in [0.717, 1.165) is 16.5 Å². The van der Waals surface area contributed by atoms with Gasteiger partial charge in [-0.25, -0.2) is 0 Å². The third-order valence-corrected chi connectivity index (χ3v) is 3.32. The SMILES string of the molecule is Cc1ccc(B(O)c2ccc(CO)cc2)cc1C. The second-order valence-corrected chi connectivity index (χ2v) is 4.65. The molecule has 0 saturated carbocycles. The Labute approximate surface area is 108 Å². The zero-order valence-electron chi connectivity index (χ0n) is 10.7. The van der Waals surface area contributed by atoms with Gasteiger partial charge in [0.05, 0.1) is 6.61 Å². The van der Waals surface area contributed by atoms with E-state index in [2.05, 4.69) is 6.92 Å². The largest absolute Gasteiger partial charge is 0.443 e. The Morgan fingerprint density at radius 2 is 1.50 bits per heavy atom. The van der Waals surface area contributed by atoms with E-state index in [0.29, 0.717) is 0 Å². The van der Waals surface area contributed by atoms with Crippen molar-refractivity contribution in [3.63, 3.8) is 0 Å². The normalized spacial score (nSPS) is 10.4. The van der Waals surface area contributed by atoms with Gasteiger partial charge in [-0.1, -0.05) is 42.5 Å². The van der Waals surface area contributed by atoms with Gasteiger partial charge in [0.15, 0.2) is 0 Å². The molecule has 0 spiro atoms. The molecule has 18 heavy (non-hydrogen) atoms. The Kier molecular flexibility index (Phi) is 3.85. The van der Waals surface area contributed by atoms with Gasteiger partial charge in [-0.2, -0.15) is 0 Å². The lowest BCUT2D eigenvalue weighted by molar-refractivity contribution is 0.282. The average Bonchev–Trinajstić information content (AvgIpc) is 2.41. The van der Waals surface area contributed by atoms with E-state index in [9.17, 15) is 5.02 Å². The molecule has 0 aliphatic carbocycles. The van der Waals surface area contributed by atoms with Crippen molar-refractivity contribution in [3.05, 3.63) is 59.2 Å². The molecule has 0 atom stereocenters. The molecule has 0 aromatic heterocycles. The number of rotatable bonds is 3. The molecule has 2 aromatic carbocycles. The fraction of sp³-hybridized carbons (Fsp3) is 0.200. The summed E-state index contributed by atoms with van der Waals surface area (Å²) in [5.41, 5.74) is 5.00. The molecular weight excluding hydrogens is 223 g/mol. The molecule has 2 nitrogen and oxygen atoms in total. The molecule has 0 unspecified atom stereocenters. The van der Waals surface area contributed by atoms with Crippen LogP contribution in [0.4, 0.5) is 0 Å². The van der Waals surface area contributed by atoms with Gasteiger partial charge in [-0.15, -0.1) is 0 Å². The molecule has 0 aliphatic heterocycles. The first-order valence-corrected chi connectivity index (χ1v) is 6.06. The number of aliphatic hydroxyl groups is 1. The smallest absolute Gasteiger partial charge is 0.358 e. The third kappa shape index (κ3) is 2.63. The lowest BCUT2D eigenvalue weighted by Gasteiger charge is -2.10. The first-order valence-electron chi connectivity index (χ1n) is 6.06. The van der Waals surface area contributed by atoms with E-state index in [1.165, 1.54) is 11.1 Å². The predicted molar refractivity (Wildman–Crippen MR) is 75.5 cm³/mol. The van der Waals surface area contributed by atoms with E-state index < -0.39 is 6.92 Å². The Bertz CT molecular complexity index is 535. The summed E-state index contributed by atoms with van der Waals surface area (Å²) in [7, 11) is 0. The fourth-order valence-corrected chi connectivity index (χ4v) is 1.93.